The van der Waals surface area contributed by atoms with Gasteiger partial charge in [-0.25, -0.2) is 0 Å². The van der Waals surface area contributed by atoms with E-state index in [1.54, 1.807) is 17.8 Å². The summed E-state index contributed by atoms with van der Waals surface area (Å²) in [4.78, 5) is 42.2. The molecule has 174 valence electrons. The van der Waals surface area contributed by atoms with Gasteiger partial charge in [0.1, 0.15) is 5.57 Å². The summed E-state index contributed by atoms with van der Waals surface area (Å²) in [5, 5.41) is 3.08. The highest BCUT2D eigenvalue weighted by Crippen LogP contribution is 2.34. The van der Waals surface area contributed by atoms with Crippen LogP contribution in [0.2, 0.25) is 0 Å². The quantitative estimate of drug-likeness (QED) is 0.351. The smallest absolute Gasteiger partial charge is 0.295 e. The average molecular weight is 466 g/mol. The van der Waals surface area contributed by atoms with Crippen molar-refractivity contribution in [3.8, 4) is 11.3 Å². The molecule has 0 saturated carbocycles. The van der Waals surface area contributed by atoms with Crippen LogP contribution < -0.4 is 10.1 Å². The Balaban J connectivity index is 1.75. The molecule has 7 heteroatoms. The second-order valence-corrected chi connectivity index (χ2v) is 8.47. The second-order valence-electron chi connectivity index (χ2n) is 8.47. The van der Waals surface area contributed by atoms with Crippen LogP contribution >= 0.6 is 0 Å². The van der Waals surface area contributed by atoms with Gasteiger partial charge in [-0.15, -0.1) is 0 Å². The predicted octanol–water partition coefficient (Wildman–Crippen LogP) is 3.17. The molecule has 5 rings (SSSR count). The fraction of sp³-hybridized carbons (Fsp3) is 0.143. The maximum absolute atomic E-state index is 13.9. The molecule has 1 aliphatic heterocycles. The molecule has 0 fully saturated rings. The number of hydrogen-bond acceptors (Lipinski definition) is 3. The molecule has 1 aliphatic rings. The first kappa shape index (κ1) is 22.3. The van der Waals surface area contributed by atoms with Gasteiger partial charge in [0, 0.05) is 24.2 Å². The Morgan fingerprint density at radius 3 is 2.17 bits per heavy atom. The van der Waals surface area contributed by atoms with E-state index in [1.165, 1.54) is 9.58 Å². The molecular formula is C28H25N4O3+. The van der Waals surface area contributed by atoms with E-state index in [9.17, 15) is 14.4 Å². The van der Waals surface area contributed by atoms with Gasteiger partial charge < -0.3 is 0 Å². The Kier molecular flexibility index (Phi) is 5.74. The number of amides is 2. The lowest BCUT2D eigenvalue weighted by Gasteiger charge is -2.14. The Bertz CT molecular complexity index is 1510. The predicted molar refractivity (Wildman–Crippen MR) is 133 cm³/mol. The van der Waals surface area contributed by atoms with E-state index in [1.807, 2.05) is 85.9 Å². The fourth-order valence-electron chi connectivity index (χ4n) is 4.40. The van der Waals surface area contributed by atoms with Crippen LogP contribution in [-0.2, 0) is 29.6 Å². The number of H-pyrrole nitrogens is 1. The number of carbonyl (C=O) groups excluding carboxylic acids is 2. The number of carbonyl (C=O) groups is 2. The third-order valence-electron chi connectivity index (χ3n) is 6.22. The molecule has 4 aromatic rings. The number of hydrogen-bond donors (Lipinski definition) is 1. The van der Waals surface area contributed by atoms with Gasteiger partial charge in [0.05, 0.1) is 17.8 Å². The number of rotatable bonds is 6. The van der Waals surface area contributed by atoms with Crippen molar-refractivity contribution in [1.29, 1.82) is 0 Å². The highest BCUT2D eigenvalue weighted by atomic mass is 16.2. The Morgan fingerprint density at radius 2 is 1.49 bits per heavy atom. The molecule has 0 saturated heterocycles. The van der Waals surface area contributed by atoms with Crippen LogP contribution in [0.5, 0.6) is 0 Å². The number of aromatic nitrogens is 3. The minimum Gasteiger partial charge on any atom is -0.295 e. The van der Waals surface area contributed by atoms with Crippen LogP contribution in [0.1, 0.15) is 23.6 Å². The normalized spacial score (nSPS) is 13.7. The van der Waals surface area contributed by atoms with Crippen LogP contribution in [0, 0.1) is 0 Å². The Morgan fingerprint density at radius 1 is 0.829 bits per heavy atom. The zero-order valence-corrected chi connectivity index (χ0v) is 19.6. The van der Waals surface area contributed by atoms with Gasteiger partial charge in [0.25, 0.3) is 17.2 Å². The molecule has 35 heavy (non-hydrogen) atoms. The largest absolute Gasteiger partial charge is 0.327 e. The summed E-state index contributed by atoms with van der Waals surface area (Å²) in [5.74, 6) is -0.925. The molecule has 0 atom stereocenters. The molecular weight excluding hydrogens is 440 g/mol. The topological polar surface area (TPSA) is 79.1 Å². The van der Waals surface area contributed by atoms with E-state index in [-0.39, 0.29) is 28.9 Å². The number of nitrogens with zero attached hydrogens (tertiary/aromatic N) is 3. The molecule has 0 unspecified atom stereocenters. The van der Waals surface area contributed by atoms with Gasteiger partial charge in [0.15, 0.2) is 12.4 Å². The van der Waals surface area contributed by atoms with E-state index in [0.29, 0.717) is 5.69 Å². The summed E-state index contributed by atoms with van der Waals surface area (Å²) in [5.41, 5.74) is 3.18. The lowest BCUT2D eigenvalue weighted by molar-refractivity contribution is -0.577. The molecule has 0 aliphatic carbocycles. The Hall–Kier alpha value is -4.52. The minimum absolute atomic E-state index is 0.102. The van der Waals surface area contributed by atoms with Crippen LogP contribution in [0.25, 0.3) is 22.5 Å². The average Bonchev–Trinajstić information content (AvgIpc) is 3.32. The number of aryl methyl sites for hydroxylation is 2. The molecule has 0 spiro atoms. The van der Waals surface area contributed by atoms with Crippen LogP contribution in [0.3, 0.4) is 0 Å². The summed E-state index contributed by atoms with van der Waals surface area (Å²) in [6.45, 7) is 2.14. The van der Waals surface area contributed by atoms with E-state index < -0.39 is 11.8 Å². The number of nitrogens with one attached hydrogen (secondary N) is 1. The third-order valence-corrected chi connectivity index (χ3v) is 6.22. The molecule has 0 radical (unpaired) electrons. The molecule has 7 nitrogen and oxygen atoms in total. The summed E-state index contributed by atoms with van der Waals surface area (Å²) in [7, 11) is 1.60. The highest BCUT2D eigenvalue weighted by Gasteiger charge is 2.47. The van der Waals surface area contributed by atoms with Crippen LogP contribution in [-0.4, -0.2) is 26.5 Å². The van der Waals surface area contributed by atoms with Crippen molar-refractivity contribution < 1.29 is 14.2 Å². The zero-order valence-electron chi connectivity index (χ0n) is 19.6. The second kappa shape index (κ2) is 9.02. The summed E-state index contributed by atoms with van der Waals surface area (Å²) in [6.07, 6.45) is 4.34. The maximum Gasteiger partial charge on any atom is 0.327 e. The van der Waals surface area contributed by atoms with Crippen molar-refractivity contribution in [2.75, 3.05) is 0 Å². The van der Waals surface area contributed by atoms with Crippen molar-refractivity contribution in [2.45, 2.75) is 19.9 Å². The van der Waals surface area contributed by atoms with Gasteiger partial charge >= 0.3 is 5.91 Å². The zero-order chi connectivity index (χ0) is 24.5. The highest BCUT2D eigenvalue weighted by molar-refractivity contribution is 6.45. The number of imide groups is 1. The number of benzene rings is 2. The van der Waals surface area contributed by atoms with Crippen molar-refractivity contribution in [2.24, 2.45) is 7.05 Å². The maximum atomic E-state index is 13.9. The lowest BCUT2D eigenvalue weighted by Crippen LogP contribution is -2.39. The molecule has 3 heterocycles. The van der Waals surface area contributed by atoms with Crippen molar-refractivity contribution >= 4 is 23.1 Å². The fourth-order valence-corrected chi connectivity index (χ4v) is 4.40. The molecule has 2 aromatic heterocycles. The summed E-state index contributed by atoms with van der Waals surface area (Å²) >= 11 is 0. The van der Waals surface area contributed by atoms with Gasteiger partial charge in [-0.2, -0.15) is 4.57 Å². The van der Waals surface area contributed by atoms with Gasteiger partial charge in [-0.3, -0.25) is 29.1 Å². The summed E-state index contributed by atoms with van der Waals surface area (Å²) < 4.78 is 3.01. The Labute approximate surface area is 202 Å². The molecule has 1 N–H and O–H groups in total. The first-order chi connectivity index (χ1) is 17.0. The van der Waals surface area contributed by atoms with Crippen LogP contribution in [0.4, 0.5) is 0 Å². The summed E-state index contributed by atoms with van der Waals surface area (Å²) in [6, 6.07) is 22.5. The van der Waals surface area contributed by atoms with E-state index in [2.05, 4.69) is 5.10 Å². The molecule has 2 aromatic carbocycles. The van der Waals surface area contributed by atoms with Crippen molar-refractivity contribution in [3.05, 3.63) is 112 Å². The van der Waals surface area contributed by atoms with Gasteiger partial charge in [-0.1, -0.05) is 67.6 Å². The van der Waals surface area contributed by atoms with E-state index >= 15 is 0 Å². The number of pyridine rings is 1. The van der Waals surface area contributed by atoms with E-state index in [4.69, 9.17) is 0 Å². The van der Waals surface area contributed by atoms with E-state index in [0.717, 1.165) is 23.1 Å². The molecule has 2 amide bonds. The minimum atomic E-state index is -0.489. The van der Waals surface area contributed by atoms with Crippen molar-refractivity contribution in [3.63, 3.8) is 0 Å². The monoisotopic (exact) mass is 465 g/mol. The SMILES string of the molecule is CCc1ccc[n+](C2=C(c3c(-c4ccccc4)[nH]n(C)c3=O)C(=O)N(Cc3ccccc3)C2=O)c1. The van der Waals surface area contributed by atoms with Gasteiger partial charge in [0.2, 0.25) is 0 Å². The van der Waals surface area contributed by atoms with Crippen LogP contribution in [0.15, 0.2) is 90.0 Å². The van der Waals surface area contributed by atoms with Crippen molar-refractivity contribution in [1.82, 2.24) is 14.7 Å². The standard InChI is InChI=1S/C28H24N4O3/c1-3-19-13-10-16-31(17-19)25-23(27(34)32(28(25)35)18-20-11-6-4-7-12-20)22-24(29-30(2)26(22)33)21-14-8-5-9-15-21/h4-17H,3,18H2,1-2H3/p+1. The first-order valence-corrected chi connectivity index (χ1v) is 11.5. The number of aromatic amines is 1. The molecule has 0 bridgehead atoms. The lowest BCUT2D eigenvalue weighted by atomic mass is 10.0. The van der Waals surface area contributed by atoms with Gasteiger partial charge in [-0.05, 0) is 18.1 Å². The third kappa shape index (κ3) is 3.91. The first-order valence-electron chi connectivity index (χ1n) is 11.5.